The second kappa shape index (κ2) is 21.0. The van der Waals surface area contributed by atoms with Crippen molar-refractivity contribution < 1.29 is 19.1 Å². The molecule has 0 saturated heterocycles. The van der Waals surface area contributed by atoms with Gasteiger partial charge in [-0.15, -0.1) is 6.58 Å². The lowest BCUT2D eigenvalue weighted by molar-refractivity contribution is -0.144. The van der Waals surface area contributed by atoms with E-state index < -0.39 is 0 Å². The van der Waals surface area contributed by atoms with Crippen molar-refractivity contribution in [1.82, 2.24) is 0 Å². The predicted octanol–water partition coefficient (Wildman–Crippen LogP) is 6.52. The van der Waals surface area contributed by atoms with E-state index in [0.29, 0.717) is 32.5 Å². The van der Waals surface area contributed by atoms with Gasteiger partial charge in [-0.05, 0) is 25.7 Å². The minimum atomic E-state index is -0.111. The number of carbonyl (C=O) groups is 2. The van der Waals surface area contributed by atoms with Crippen molar-refractivity contribution in [3.63, 3.8) is 0 Å². The lowest BCUT2D eigenvalue weighted by Gasteiger charge is -2.05. The smallest absolute Gasteiger partial charge is 0.305 e. The second-order valence-electron chi connectivity index (χ2n) is 7.26. The molecule has 0 aliphatic rings. The number of unbranched alkanes of at least 4 members (excludes halogenated alkanes) is 11. The van der Waals surface area contributed by atoms with Crippen LogP contribution in [0.1, 0.15) is 110 Å². The molecule has 158 valence electrons. The topological polar surface area (TPSA) is 52.6 Å². The summed E-state index contributed by atoms with van der Waals surface area (Å²) in [6.07, 6.45) is 18.2. The second-order valence-corrected chi connectivity index (χ2v) is 7.26. The molecule has 0 rings (SSSR count). The molecule has 0 spiro atoms. The van der Waals surface area contributed by atoms with Crippen LogP contribution in [0, 0.1) is 0 Å². The molecule has 0 radical (unpaired) electrons. The zero-order chi connectivity index (χ0) is 20.0. The van der Waals surface area contributed by atoms with Gasteiger partial charge in [0.25, 0.3) is 0 Å². The Balaban J connectivity index is 3.25. The molecule has 0 aliphatic heterocycles. The van der Waals surface area contributed by atoms with E-state index >= 15 is 0 Å². The molecule has 0 amide bonds. The first-order chi connectivity index (χ1) is 13.2. The fourth-order valence-corrected chi connectivity index (χ4v) is 2.89. The quantitative estimate of drug-likeness (QED) is 0.137. The van der Waals surface area contributed by atoms with Crippen molar-refractivity contribution in [1.29, 1.82) is 0 Å². The third kappa shape index (κ3) is 20.8. The van der Waals surface area contributed by atoms with Crippen molar-refractivity contribution in [2.24, 2.45) is 0 Å². The molecule has 0 atom stereocenters. The summed E-state index contributed by atoms with van der Waals surface area (Å²) in [6, 6.07) is 0. The fraction of sp³-hybridized carbons (Fsp3) is 0.826. The zero-order valence-corrected chi connectivity index (χ0v) is 17.6. The van der Waals surface area contributed by atoms with Crippen LogP contribution >= 0.6 is 0 Å². The number of esters is 2. The summed E-state index contributed by atoms with van der Waals surface area (Å²) in [5.41, 5.74) is 0. The van der Waals surface area contributed by atoms with Crippen molar-refractivity contribution in [2.45, 2.75) is 110 Å². The first-order valence-corrected chi connectivity index (χ1v) is 11.1. The molecule has 0 saturated carbocycles. The number of ether oxygens (including phenoxy) is 2. The molecule has 27 heavy (non-hydrogen) atoms. The normalized spacial score (nSPS) is 10.6. The van der Waals surface area contributed by atoms with Gasteiger partial charge in [-0.1, -0.05) is 77.2 Å². The number of hydrogen-bond donors (Lipinski definition) is 0. The molecule has 0 N–H and O–H groups in total. The van der Waals surface area contributed by atoms with Crippen LogP contribution in [0.4, 0.5) is 0 Å². The van der Waals surface area contributed by atoms with Gasteiger partial charge < -0.3 is 9.47 Å². The summed E-state index contributed by atoms with van der Waals surface area (Å²) < 4.78 is 10.3. The molecular weight excluding hydrogens is 340 g/mol. The Morgan fingerprint density at radius 2 is 1.11 bits per heavy atom. The number of carbonyl (C=O) groups excluding carboxylic acids is 2. The van der Waals surface area contributed by atoms with Crippen LogP contribution in [0.15, 0.2) is 12.7 Å². The Morgan fingerprint density at radius 1 is 0.667 bits per heavy atom. The van der Waals surface area contributed by atoms with Crippen LogP contribution in [0.2, 0.25) is 0 Å². The highest BCUT2D eigenvalue weighted by Crippen LogP contribution is 2.10. The largest absolute Gasteiger partial charge is 0.466 e. The van der Waals surface area contributed by atoms with Gasteiger partial charge in [-0.25, -0.2) is 0 Å². The SMILES string of the molecule is C=CCCOC(=O)CCCCCCCCC(=O)OCCCCCCCCC. The van der Waals surface area contributed by atoms with E-state index in [2.05, 4.69) is 13.5 Å². The fourth-order valence-electron chi connectivity index (χ4n) is 2.89. The average Bonchev–Trinajstić information content (AvgIpc) is 2.66. The highest BCUT2D eigenvalue weighted by atomic mass is 16.5. The van der Waals surface area contributed by atoms with E-state index in [1.165, 1.54) is 38.5 Å². The lowest BCUT2D eigenvalue weighted by Crippen LogP contribution is -2.05. The van der Waals surface area contributed by atoms with Crippen LogP contribution in [0.3, 0.4) is 0 Å². The summed E-state index contributed by atoms with van der Waals surface area (Å²) in [6.45, 7) is 6.84. The first kappa shape index (κ1) is 25.7. The van der Waals surface area contributed by atoms with E-state index in [9.17, 15) is 9.59 Å². The molecule has 0 fully saturated rings. The maximum atomic E-state index is 11.7. The molecule has 0 aliphatic carbocycles. The van der Waals surface area contributed by atoms with Crippen LogP contribution < -0.4 is 0 Å². The minimum absolute atomic E-state index is 0.0525. The van der Waals surface area contributed by atoms with E-state index in [4.69, 9.17) is 9.47 Å². The van der Waals surface area contributed by atoms with Gasteiger partial charge in [-0.3, -0.25) is 9.59 Å². The van der Waals surface area contributed by atoms with Gasteiger partial charge in [0.05, 0.1) is 13.2 Å². The van der Waals surface area contributed by atoms with Crippen molar-refractivity contribution in [2.75, 3.05) is 13.2 Å². The summed E-state index contributed by atoms with van der Waals surface area (Å²) >= 11 is 0. The monoisotopic (exact) mass is 382 g/mol. The maximum absolute atomic E-state index is 11.7. The Morgan fingerprint density at radius 3 is 1.63 bits per heavy atom. The van der Waals surface area contributed by atoms with Crippen LogP contribution in [0.25, 0.3) is 0 Å². The molecule has 0 aromatic heterocycles. The highest BCUT2D eigenvalue weighted by molar-refractivity contribution is 5.69. The third-order valence-corrected chi connectivity index (χ3v) is 4.61. The average molecular weight is 383 g/mol. The van der Waals surface area contributed by atoms with Gasteiger partial charge in [0.1, 0.15) is 0 Å². The van der Waals surface area contributed by atoms with Crippen molar-refractivity contribution in [3.8, 4) is 0 Å². The minimum Gasteiger partial charge on any atom is -0.466 e. The van der Waals surface area contributed by atoms with Gasteiger partial charge in [0.15, 0.2) is 0 Å². The molecule has 0 unspecified atom stereocenters. The Labute approximate surface area is 167 Å². The van der Waals surface area contributed by atoms with E-state index in [1.54, 1.807) is 6.08 Å². The van der Waals surface area contributed by atoms with Gasteiger partial charge >= 0.3 is 11.9 Å². The lowest BCUT2D eigenvalue weighted by atomic mass is 10.1. The summed E-state index contributed by atoms with van der Waals surface area (Å²) in [4.78, 5) is 23.1. The van der Waals surface area contributed by atoms with E-state index in [-0.39, 0.29) is 11.9 Å². The number of hydrogen-bond acceptors (Lipinski definition) is 4. The summed E-state index contributed by atoms with van der Waals surface area (Å²) in [5, 5.41) is 0. The molecular formula is C23H42O4. The molecule has 0 aromatic carbocycles. The van der Waals surface area contributed by atoms with Crippen molar-refractivity contribution >= 4 is 11.9 Å². The standard InChI is InChI=1S/C23H42O4/c1-3-5-7-8-11-14-17-21-27-23(25)19-16-13-10-9-12-15-18-22(24)26-20-6-4-2/h4H,2-3,5-21H2,1H3. The van der Waals surface area contributed by atoms with Crippen LogP contribution in [0.5, 0.6) is 0 Å². The van der Waals surface area contributed by atoms with E-state index in [1.807, 2.05) is 0 Å². The molecule has 0 heterocycles. The van der Waals surface area contributed by atoms with Gasteiger partial charge in [-0.2, -0.15) is 0 Å². The Hall–Kier alpha value is -1.32. The summed E-state index contributed by atoms with van der Waals surface area (Å²) in [7, 11) is 0. The van der Waals surface area contributed by atoms with Crippen LogP contribution in [-0.2, 0) is 19.1 Å². The Kier molecular flexibility index (Phi) is 20.0. The molecule has 0 bridgehead atoms. The van der Waals surface area contributed by atoms with Gasteiger partial charge in [0, 0.05) is 12.8 Å². The van der Waals surface area contributed by atoms with Gasteiger partial charge in [0.2, 0.25) is 0 Å². The number of rotatable bonds is 20. The van der Waals surface area contributed by atoms with Crippen molar-refractivity contribution in [3.05, 3.63) is 12.7 Å². The van der Waals surface area contributed by atoms with E-state index in [0.717, 1.165) is 44.9 Å². The first-order valence-electron chi connectivity index (χ1n) is 11.1. The maximum Gasteiger partial charge on any atom is 0.305 e. The predicted molar refractivity (Wildman–Crippen MR) is 112 cm³/mol. The zero-order valence-electron chi connectivity index (χ0n) is 17.6. The highest BCUT2D eigenvalue weighted by Gasteiger charge is 2.04. The summed E-state index contributed by atoms with van der Waals surface area (Å²) in [5.74, 6) is -0.163. The van der Waals surface area contributed by atoms with Crippen LogP contribution in [-0.4, -0.2) is 25.2 Å². The molecule has 4 nitrogen and oxygen atoms in total. The Bertz CT molecular complexity index is 365. The third-order valence-electron chi connectivity index (χ3n) is 4.61. The molecule has 0 aromatic rings. The molecule has 4 heteroatoms.